The fraction of sp³-hybridized carbons (Fsp3) is 0.200. The van der Waals surface area contributed by atoms with Crippen molar-refractivity contribution in [1.82, 2.24) is 9.55 Å². The average molecular weight is 253 g/mol. The van der Waals surface area contributed by atoms with Gasteiger partial charge in [-0.2, -0.15) is 0 Å². The van der Waals surface area contributed by atoms with Crippen molar-refractivity contribution in [1.29, 1.82) is 0 Å². The Labute approximate surface area is 111 Å². The van der Waals surface area contributed by atoms with Crippen LogP contribution < -0.4 is 11.4 Å². The number of nitrogens with two attached hydrogens (primary N) is 1. The SMILES string of the molecule is Cc1cnc(=O)n(Cc2cccc(C#CCN)c2)c1. The molecule has 2 rings (SSSR count). The molecule has 0 radical (unpaired) electrons. The summed E-state index contributed by atoms with van der Waals surface area (Å²) < 4.78 is 1.59. The van der Waals surface area contributed by atoms with E-state index < -0.39 is 0 Å². The molecular formula is C15H15N3O. The van der Waals surface area contributed by atoms with Gasteiger partial charge in [0, 0.05) is 18.0 Å². The van der Waals surface area contributed by atoms with Crippen molar-refractivity contribution in [3.05, 3.63) is 63.8 Å². The smallest absolute Gasteiger partial charge is 0.320 e. The molecule has 19 heavy (non-hydrogen) atoms. The quantitative estimate of drug-likeness (QED) is 0.809. The van der Waals surface area contributed by atoms with Crippen LogP contribution in [0.4, 0.5) is 0 Å². The maximum absolute atomic E-state index is 11.6. The number of rotatable bonds is 2. The van der Waals surface area contributed by atoms with Gasteiger partial charge in [0.1, 0.15) is 0 Å². The van der Waals surface area contributed by atoms with Gasteiger partial charge in [0.05, 0.1) is 13.1 Å². The Hall–Kier alpha value is -2.38. The van der Waals surface area contributed by atoms with E-state index in [0.29, 0.717) is 13.1 Å². The van der Waals surface area contributed by atoms with Crippen molar-refractivity contribution < 1.29 is 0 Å². The molecule has 1 heterocycles. The Balaban J connectivity index is 2.28. The lowest BCUT2D eigenvalue weighted by molar-refractivity contribution is 0.721. The highest BCUT2D eigenvalue weighted by molar-refractivity contribution is 5.37. The van der Waals surface area contributed by atoms with Crippen LogP contribution in [0, 0.1) is 18.8 Å². The zero-order valence-electron chi connectivity index (χ0n) is 10.8. The zero-order chi connectivity index (χ0) is 13.7. The van der Waals surface area contributed by atoms with Crippen LogP contribution >= 0.6 is 0 Å². The number of aryl methyl sites for hydroxylation is 1. The predicted octanol–water partition coefficient (Wildman–Crippen LogP) is 0.910. The average Bonchev–Trinajstić information content (AvgIpc) is 2.41. The molecule has 1 aromatic carbocycles. The summed E-state index contributed by atoms with van der Waals surface area (Å²) in [5.41, 5.74) is 7.97. The molecule has 96 valence electrons. The Morgan fingerprint density at radius 2 is 2.26 bits per heavy atom. The Kier molecular flexibility index (Phi) is 4.11. The molecule has 0 aliphatic rings. The third-order valence-corrected chi connectivity index (χ3v) is 2.60. The van der Waals surface area contributed by atoms with Crippen LogP contribution in [0.25, 0.3) is 0 Å². The van der Waals surface area contributed by atoms with Gasteiger partial charge in [0.2, 0.25) is 0 Å². The molecule has 4 heteroatoms. The molecule has 0 saturated carbocycles. The maximum Gasteiger partial charge on any atom is 0.347 e. The van der Waals surface area contributed by atoms with E-state index in [-0.39, 0.29) is 5.69 Å². The van der Waals surface area contributed by atoms with E-state index in [0.717, 1.165) is 16.7 Å². The van der Waals surface area contributed by atoms with Gasteiger partial charge in [-0.3, -0.25) is 4.57 Å². The largest absolute Gasteiger partial charge is 0.347 e. The van der Waals surface area contributed by atoms with Gasteiger partial charge in [0.15, 0.2) is 0 Å². The number of benzene rings is 1. The lowest BCUT2D eigenvalue weighted by atomic mass is 10.1. The van der Waals surface area contributed by atoms with E-state index in [1.54, 1.807) is 17.0 Å². The summed E-state index contributed by atoms with van der Waals surface area (Å²) in [7, 11) is 0. The highest BCUT2D eigenvalue weighted by Gasteiger charge is 2.00. The standard InChI is InChI=1S/C15H15N3O/c1-12-9-17-15(19)18(10-12)11-14-5-2-4-13(8-14)6-3-7-16/h2,4-5,8-10H,7,11,16H2,1H3. The molecule has 0 aliphatic heterocycles. The van der Waals surface area contributed by atoms with Crippen LogP contribution in [0.3, 0.4) is 0 Å². The van der Waals surface area contributed by atoms with Crippen molar-refractivity contribution in [2.45, 2.75) is 13.5 Å². The van der Waals surface area contributed by atoms with Crippen molar-refractivity contribution in [2.24, 2.45) is 5.73 Å². The van der Waals surface area contributed by atoms with Crippen molar-refractivity contribution in [3.8, 4) is 11.8 Å². The van der Waals surface area contributed by atoms with E-state index in [1.165, 1.54) is 0 Å². The molecule has 4 nitrogen and oxygen atoms in total. The lowest BCUT2D eigenvalue weighted by Gasteiger charge is -2.06. The lowest BCUT2D eigenvalue weighted by Crippen LogP contribution is -2.22. The van der Waals surface area contributed by atoms with Gasteiger partial charge in [-0.1, -0.05) is 24.0 Å². The third-order valence-electron chi connectivity index (χ3n) is 2.60. The third kappa shape index (κ3) is 3.54. The molecule has 0 fully saturated rings. The highest BCUT2D eigenvalue weighted by atomic mass is 16.1. The first-order valence-corrected chi connectivity index (χ1v) is 6.00. The first-order valence-electron chi connectivity index (χ1n) is 6.00. The van der Waals surface area contributed by atoms with Gasteiger partial charge in [-0.25, -0.2) is 9.78 Å². The number of hydrogen-bond acceptors (Lipinski definition) is 3. The first-order chi connectivity index (χ1) is 9.19. The fourth-order valence-corrected chi connectivity index (χ4v) is 1.78. The maximum atomic E-state index is 11.6. The van der Waals surface area contributed by atoms with E-state index in [4.69, 9.17) is 5.73 Å². The van der Waals surface area contributed by atoms with Crippen LogP contribution in [0.2, 0.25) is 0 Å². The van der Waals surface area contributed by atoms with Crippen molar-refractivity contribution in [2.75, 3.05) is 6.54 Å². The minimum Gasteiger partial charge on any atom is -0.320 e. The first kappa shape index (κ1) is 13.1. The van der Waals surface area contributed by atoms with E-state index in [9.17, 15) is 4.79 Å². The summed E-state index contributed by atoms with van der Waals surface area (Å²) in [5.74, 6) is 5.79. The summed E-state index contributed by atoms with van der Waals surface area (Å²) in [6, 6.07) is 7.76. The Bertz CT molecular complexity index is 692. The van der Waals surface area contributed by atoms with Gasteiger partial charge in [-0.05, 0) is 30.2 Å². The molecule has 2 aromatic rings. The van der Waals surface area contributed by atoms with Crippen LogP contribution in [0.15, 0.2) is 41.5 Å². The number of hydrogen-bond donors (Lipinski definition) is 1. The Morgan fingerprint density at radius 1 is 1.42 bits per heavy atom. The minimum absolute atomic E-state index is 0.246. The van der Waals surface area contributed by atoms with Gasteiger partial charge in [-0.15, -0.1) is 0 Å². The fourth-order valence-electron chi connectivity index (χ4n) is 1.78. The van der Waals surface area contributed by atoms with Gasteiger partial charge >= 0.3 is 5.69 Å². The zero-order valence-corrected chi connectivity index (χ0v) is 10.8. The van der Waals surface area contributed by atoms with E-state index in [2.05, 4.69) is 16.8 Å². The highest BCUT2D eigenvalue weighted by Crippen LogP contribution is 2.05. The monoisotopic (exact) mass is 253 g/mol. The van der Waals surface area contributed by atoms with E-state index in [1.807, 2.05) is 31.2 Å². The molecule has 0 aliphatic carbocycles. The topological polar surface area (TPSA) is 60.9 Å². The number of nitrogens with zero attached hydrogens (tertiary/aromatic N) is 2. The second kappa shape index (κ2) is 5.98. The molecule has 0 spiro atoms. The van der Waals surface area contributed by atoms with Crippen LogP contribution in [0.1, 0.15) is 16.7 Å². The molecule has 0 amide bonds. The van der Waals surface area contributed by atoms with E-state index >= 15 is 0 Å². The Morgan fingerprint density at radius 3 is 3.05 bits per heavy atom. The normalized spacial score (nSPS) is 9.79. The second-order valence-corrected chi connectivity index (χ2v) is 4.25. The molecular weight excluding hydrogens is 238 g/mol. The van der Waals surface area contributed by atoms with Gasteiger partial charge in [0.25, 0.3) is 0 Å². The minimum atomic E-state index is -0.246. The van der Waals surface area contributed by atoms with Crippen LogP contribution in [-0.4, -0.2) is 16.1 Å². The summed E-state index contributed by atoms with van der Waals surface area (Å²) in [5, 5.41) is 0. The van der Waals surface area contributed by atoms with Crippen LogP contribution in [0.5, 0.6) is 0 Å². The molecule has 0 atom stereocenters. The summed E-state index contributed by atoms with van der Waals surface area (Å²) in [6.07, 6.45) is 3.37. The summed E-state index contributed by atoms with van der Waals surface area (Å²) in [6.45, 7) is 2.74. The predicted molar refractivity (Wildman–Crippen MR) is 74.7 cm³/mol. The van der Waals surface area contributed by atoms with Crippen molar-refractivity contribution >= 4 is 0 Å². The molecule has 0 bridgehead atoms. The van der Waals surface area contributed by atoms with Gasteiger partial charge < -0.3 is 5.73 Å². The molecule has 0 saturated heterocycles. The summed E-state index contributed by atoms with van der Waals surface area (Å²) >= 11 is 0. The molecule has 1 aromatic heterocycles. The molecule has 0 unspecified atom stereocenters. The van der Waals surface area contributed by atoms with Crippen LogP contribution in [-0.2, 0) is 6.54 Å². The van der Waals surface area contributed by atoms with Crippen molar-refractivity contribution in [3.63, 3.8) is 0 Å². The second-order valence-electron chi connectivity index (χ2n) is 4.25. The number of aromatic nitrogens is 2. The molecule has 2 N–H and O–H groups in total. The summed E-state index contributed by atoms with van der Waals surface area (Å²) in [4.78, 5) is 15.4.